The summed E-state index contributed by atoms with van der Waals surface area (Å²) in [5, 5.41) is 0.479. The summed E-state index contributed by atoms with van der Waals surface area (Å²) in [6, 6.07) is 10.2. The van der Waals surface area contributed by atoms with Crippen LogP contribution in [0, 0.1) is 5.82 Å². The monoisotopic (exact) mass is 311 g/mol. The predicted octanol–water partition coefficient (Wildman–Crippen LogP) is 3.23. The molecule has 1 heterocycles. The summed E-state index contributed by atoms with van der Waals surface area (Å²) in [6.07, 6.45) is 0.514. The largest absolute Gasteiger partial charge is 0.266 e. The number of benzene rings is 2. The van der Waals surface area contributed by atoms with Crippen molar-refractivity contribution in [1.29, 1.82) is 0 Å². The Morgan fingerprint density at radius 1 is 1.10 bits per heavy atom. The van der Waals surface area contributed by atoms with Crippen LogP contribution in [-0.2, 0) is 16.4 Å². The number of rotatable bonds is 2. The molecule has 0 bridgehead atoms. The minimum Gasteiger partial charge on any atom is -0.266 e. The maximum Gasteiger partial charge on any atom is 0.264 e. The summed E-state index contributed by atoms with van der Waals surface area (Å²) in [5.74, 6) is -0.352. The number of sulfonamides is 1. The number of hydrogen-bond donors (Lipinski definition) is 0. The molecule has 2 aromatic carbocycles. The maximum absolute atomic E-state index is 13.2. The zero-order chi connectivity index (χ0) is 14.3. The molecule has 0 saturated heterocycles. The van der Waals surface area contributed by atoms with E-state index in [2.05, 4.69) is 0 Å². The smallest absolute Gasteiger partial charge is 0.264 e. The first-order valence-corrected chi connectivity index (χ1v) is 7.87. The Bertz CT molecular complexity index is 759. The molecule has 0 spiro atoms. The van der Waals surface area contributed by atoms with Crippen molar-refractivity contribution in [3.8, 4) is 0 Å². The highest BCUT2D eigenvalue weighted by Crippen LogP contribution is 2.33. The van der Waals surface area contributed by atoms with Gasteiger partial charge in [-0.1, -0.05) is 11.6 Å². The highest BCUT2D eigenvalue weighted by atomic mass is 35.5. The van der Waals surface area contributed by atoms with Gasteiger partial charge < -0.3 is 0 Å². The Kier molecular flexibility index (Phi) is 3.18. The van der Waals surface area contributed by atoms with Crippen LogP contribution >= 0.6 is 11.6 Å². The number of nitrogens with zero attached hydrogens (tertiary/aromatic N) is 1. The number of fused-ring (bicyclic) bond motifs is 1. The van der Waals surface area contributed by atoms with Gasteiger partial charge in [-0.3, -0.25) is 4.31 Å². The highest BCUT2D eigenvalue weighted by molar-refractivity contribution is 7.92. The number of anilines is 1. The summed E-state index contributed by atoms with van der Waals surface area (Å²) in [4.78, 5) is 0.180. The lowest BCUT2D eigenvalue weighted by atomic mass is 10.2. The standard InChI is InChI=1S/C14H11ClFNO2S/c15-11-1-4-13(5-2-11)20(18,19)17-8-7-10-9-12(16)3-6-14(10)17/h1-6,9H,7-8H2. The third kappa shape index (κ3) is 2.17. The van der Waals surface area contributed by atoms with Gasteiger partial charge in [0, 0.05) is 11.6 Å². The van der Waals surface area contributed by atoms with E-state index >= 15 is 0 Å². The number of hydrogen-bond acceptors (Lipinski definition) is 2. The van der Waals surface area contributed by atoms with Gasteiger partial charge in [0.1, 0.15) is 5.82 Å². The molecule has 104 valence electrons. The second-order valence-electron chi connectivity index (χ2n) is 4.55. The quantitative estimate of drug-likeness (QED) is 0.854. The van der Waals surface area contributed by atoms with Gasteiger partial charge in [-0.15, -0.1) is 0 Å². The van der Waals surface area contributed by atoms with E-state index in [-0.39, 0.29) is 10.7 Å². The summed E-state index contributed by atoms with van der Waals surface area (Å²) in [6.45, 7) is 0.323. The number of halogens is 2. The van der Waals surface area contributed by atoms with Crippen molar-refractivity contribution < 1.29 is 12.8 Å². The Morgan fingerprint density at radius 2 is 1.80 bits per heavy atom. The first-order valence-electron chi connectivity index (χ1n) is 6.05. The zero-order valence-electron chi connectivity index (χ0n) is 10.4. The van der Waals surface area contributed by atoms with E-state index in [0.717, 1.165) is 0 Å². The summed E-state index contributed by atoms with van der Waals surface area (Å²) in [7, 11) is -3.63. The average molecular weight is 312 g/mol. The summed E-state index contributed by atoms with van der Waals surface area (Å²) >= 11 is 5.77. The SMILES string of the molecule is O=S(=O)(c1ccc(Cl)cc1)N1CCc2cc(F)ccc21. The second kappa shape index (κ2) is 4.75. The Morgan fingerprint density at radius 3 is 2.50 bits per heavy atom. The third-order valence-corrected chi connectivity index (χ3v) is 5.38. The lowest BCUT2D eigenvalue weighted by molar-refractivity contribution is 0.592. The van der Waals surface area contributed by atoms with Gasteiger partial charge in [0.05, 0.1) is 10.6 Å². The fourth-order valence-electron chi connectivity index (χ4n) is 2.32. The van der Waals surface area contributed by atoms with Gasteiger partial charge in [-0.2, -0.15) is 0 Å². The van der Waals surface area contributed by atoms with Crippen molar-refractivity contribution >= 4 is 27.3 Å². The minimum absolute atomic E-state index is 0.180. The van der Waals surface area contributed by atoms with Crippen molar-refractivity contribution in [2.45, 2.75) is 11.3 Å². The molecule has 2 aromatic rings. The van der Waals surface area contributed by atoms with Gasteiger partial charge >= 0.3 is 0 Å². The Labute approximate surface area is 121 Å². The maximum atomic E-state index is 13.2. The van der Waals surface area contributed by atoms with Crippen molar-refractivity contribution in [3.63, 3.8) is 0 Å². The minimum atomic E-state index is -3.63. The van der Waals surface area contributed by atoms with Crippen LogP contribution in [0.15, 0.2) is 47.4 Å². The molecule has 6 heteroatoms. The molecule has 0 fully saturated rings. The molecule has 0 saturated carbocycles. The molecule has 1 aliphatic heterocycles. The second-order valence-corrected chi connectivity index (χ2v) is 6.85. The van der Waals surface area contributed by atoms with Crippen LogP contribution in [0.5, 0.6) is 0 Å². The Hall–Kier alpha value is -1.59. The lowest BCUT2D eigenvalue weighted by Gasteiger charge is -2.19. The Balaban J connectivity index is 2.05. The van der Waals surface area contributed by atoms with Crippen LogP contribution in [0.25, 0.3) is 0 Å². The van der Waals surface area contributed by atoms with E-state index in [0.29, 0.717) is 29.2 Å². The van der Waals surface area contributed by atoms with Crippen molar-refractivity contribution in [2.24, 2.45) is 0 Å². The average Bonchev–Trinajstić information content (AvgIpc) is 2.82. The molecule has 0 aliphatic carbocycles. The molecule has 0 radical (unpaired) electrons. The molecule has 1 aliphatic rings. The van der Waals surface area contributed by atoms with Gasteiger partial charge in [0.2, 0.25) is 0 Å². The molecule has 3 rings (SSSR count). The van der Waals surface area contributed by atoms with E-state index in [1.54, 1.807) is 0 Å². The molecule has 0 amide bonds. The third-order valence-electron chi connectivity index (χ3n) is 3.30. The zero-order valence-corrected chi connectivity index (χ0v) is 12.0. The first-order chi connectivity index (χ1) is 9.48. The molecule has 20 heavy (non-hydrogen) atoms. The molecule has 0 unspecified atom stereocenters. The molecule has 0 N–H and O–H groups in total. The molecular formula is C14H11ClFNO2S. The topological polar surface area (TPSA) is 37.4 Å². The summed E-state index contributed by atoms with van der Waals surface area (Å²) < 4.78 is 39.6. The van der Waals surface area contributed by atoms with Crippen LogP contribution in [0.4, 0.5) is 10.1 Å². The van der Waals surface area contributed by atoms with Gasteiger partial charge in [0.15, 0.2) is 0 Å². The molecule has 0 atom stereocenters. The van der Waals surface area contributed by atoms with Crippen LogP contribution in [0.2, 0.25) is 5.02 Å². The first kappa shape index (κ1) is 13.4. The van der Waals surface area contributed by atoms with E-state index < -0.39 is 10.0 Å². The van der Waals surface area contributed by atoms with Gasteiger partial charge in [-0.05, 0) is 54.4 Å². The van der Waals surface area contributed by atoms with Crippen LogP contribution < -0.4 is 4.31 Å². The van der Waals surface area contributed by atoms with Crippen molar-refractivity contribution in [3.05, 3.63) is 58.9 Å². The lowest BCUT2D eigenvalue weighted by Crippen LogP contribution is -2.29. The van der Waals surface area contributed by atoms with Crippen molar-refractivity contribution in [2.75, 3.05) is 10.8 Å². The fraction of sp³-hybridized carbons (Fsp3) is 0.143. The molecule has 0 aromatic heterocycles. The molecular weight excluding hydrogens is 301 g/mol. The predicted molar refractivity (Wildman–Crippen MR) is 76.1 cm³/mol. The van der Waals surface area contributed by atoms with E-state index in [4.69, 9.17) is 11.6 Å². The van der Waals surface area contributed by atoms with E-state index in [1.807, 2.05) is 0 Å². The molecule has 3 nitrogen and oxygen atoms in total. The van der Waals surface area contributed by atoms with Gasteiger partial charge in [-0.25, -0.2) is 12.8 Å². The normalized spacial score (nSPS) is 14.4. The van der Waals surface area contributed by atoms with E-state index in [1.165, 1.54) is 46.8 Å². The fourth-order valence-corrected chi connectivity index (χ4v) is 3.95. The van der Waals surface area contributed by atoms with Crippen molar-refractivity contribution in [1.82, 2.24) is 0 Å². The van der Waals surface area contributed by atoms with Gasteiger partial charge in [0.25, 0.3) is 10.0 Å². The van der Waals surface area contributed by atoms with Crippen LogP contribution in [0.1, 0.15) is 5.56 Å². The highest BCUT2D eigenvalue weighted by Gasteiger charge is 2.30. The van der Waals surface area contributed by atoms with Crippen LogP contribution in [0.3, 0.4) is 0 Å². The van der Waals surface area contributed by atoms with E-state index in [9.17, 15) is 12.8 Å². The van der Waals surface area contributed by atoms with Crippen LogP contribution in [-0.4, -0.2) is 15.0 Å². The summed E-state index contributed by atoms with van der Waals surface area (Å²) in [5.41, 5.74) is 1.25.